The number of nitrogens with zero attached hydrogens (tertiary/aromatic N) is 2. The summed E-state index contributed by atoms with van der Waals surface area (Å²) in [4.78, 5) is 11.4. The second-order valence-electron chi connectivity index (χ2n) is 9.83. The third-order valence-electron chi connectivity index (χ3n) is 7.45. The molecule has 0 bridgehead atoms. The molecule has 0 saturated heterocycles. The summed E-state index contributed by atoms with van der Waals surface area (Å²) in [6, 6.07) is 48.9. The van der Waals surface area contributed by atoms with Crippen LogP contribution in [0.15, 0.2) is 146 Å². The van der Waals surface area contributed by atoms with E-state index >= 15 is 0 Å². The Hall–Kier alpha value is -5.48. The van der Waals surface area contributed by atoms with Crippen molar-refractivity contribution in [2.75, 3.05) is 0 Å². The molecule has 0 aliphatic heterocycles. The fraction of sp³-hybridized carbons (Fsp3) is 0. The summed E-state index contributed by atoms with van der Waals surface area (Å²) in [6.45, 7) is 0. The van der Waals surface area contributed by atoms with Gasteiger partial charge < -0.3 is 4.57 Å². The molecule has 0 saturated carbocycles. The van der Waals surface area contributed by atoms with E-state index in [2.05, 4.69) is 102 Å². The van der Waals surface area contributed by atoms with E-state index in [1.807, 2.05) is 36.4 Å². The van der Waals surface area contributed by atoms with Crippen molar-refractivity contribution in [3.8, 4) is 39.3 Å². The van der Waals surface area contributed by atoms with Crippen LogP contribution in [0.5, 0.6) is 0 Å². The molecule has 40 heavy (non-hydrogen) atoms. The first-order valence-corrected chi connectivity index (χ1v) is 13.2. The SMILES string of the molecule is O=[N+]([O-])c1ccccc1-c1ccc2cc3c(-c4ccccc4)n(-c4ccccc4)c(-c4ccccc4)c3cc2c1. The van der Waals surface area contributed by atoms with Crippen LogP contribution in [-0.2, 0) is 0 Å². The van der Waals surface area contributed by atoms with Gasteiger partial charge in [0.15, 0.2) is 0 Å². The maximum atomic E-state index is 11.7. The molecule has 0 unspecified atom stereocenters. The summed E-state index contributed by atoms with van der Waals surface area (Å²) < 4.78 is 2.36. The lowest BCUT2D eigenvalue weighted by molar-refractivity contribution is -0.384. The van der Waals surface area contributed by atoms with E-state index in [9.17, 15) is 10.1 Å². The van der Waals surface area contributed by atoms with Gasteiger partial charge in [-0.25, -0.2) is 0 Å². The first-order chi connectivity index (χ1) is 19.7. The highest BCUT2D eigenvalue weighted by molar-refractivity contribution is 6.12. The number of nitro groups is 1. The first kappa shape index (κ1) is 23.6. The highest BCUT2D eigenvalue weighted by Crippen LogP contribution is 2.44. The minimum Gasteiger partial charge on any atom is -0.308 e. The largest absolute Gasteiger partial charge is 0.308 e. The predicted octanol–water partition coefficient (Wildman–Crippen LogP) is 9.69. The maximum absolute atomic E-state index is 11.7. The van der Waals surface area contributed by atoms with Crippen molar-refractivity contribution in [3.05, 3.63) is 156 Å². The standard InChI is InChI=1S/C36H24N2O2/c39-38(40)34-19-11-10-18-31(34)28-21-20-27-23-32-33(24-29(27)22-28)36(26-14-6-2-7-15-26)37(30-16-8-3-9-17-30)35(32)25-12-4-1-5-13-25/h1-24H. The minimum absolute atomic E-state index is 0.106. The molecule has 7 rings (SSSR count). The first-order valence-electron chi connectivity index (χ1n) is 13.2. The van der Waals surface area contributed by atoms with Crippen LogP contribution in [0.2, 0.25) is 0 Å². The van der Waals surface area contributed by atoms with Crippen LogP contribution in [0.3, 0.4) is 0 Å². The summed E-state index contributed by atoms with van der Waals surface area (Å²) in [5.74, 6) is 0. The van der Waals surface area contributed by atoms with E-state index in [-0.39, 0.29) is 10.6 Å². The van der Waals surface area contributed by atoms with E-state index in [0.717, 1.165) is 55.3 Å². The number of hydrogen-bond acceptors (Lipinski definition) is 2. The van der Waals surface area contributed by atoms with E-state index < -0.39 is 0 Å². The summed E-state index contributed by atoms with van der Waals surface area (Å²) in [5.41, 5.74) is 7.12. The Morgan fingerprint density at radius 2 is 1.02 bits per heavy atom. The molecule has 1 aromatic heterocycles. The monoisotopic (exact) mass is 516 g/mol. The second kappa shape index (κ2) is 9.68. The van der Waals surface area contributed by atoms with Gasteiger partial charge in [0.1, 0.15) is 0 Å². The van der Waals surface area contributed by atoms with Crippen molar-refractivity contribution in [2.24, 2.45) is 0 Å². The molecule has 6 aromatic carbocycles. The Bertz CT molecular complexity index is 2010. The van der Waals surface area contributed by atoms with Gasteiger partial charge in [0.2, 0.25) is 0 Å². The third kappa shape index (κ3) is 3.94. The smallest absolute Gasteiger partial charge is 0.277 e. The van der Waals surface area contributed by atoms with Crippen molar-refractivity contribution in [3.63, 3.8) is 0 Å². The van der Waals surface area contributed by atoms with Crippen LogP contribution in [0, 0.1) is 10.1 Å². The summed E-state index contributed by atoms with van der Waals surface area (Å²) >= 11 is 0. The number of hydrogen-bond donors (Lipinski definition) is 0. The van der Waals surface area contributed by atoms with Crippen LogP contribution >= 0.6 is 0 Å². The van der Waals surface area contributed by atoms with Crippen LogP contribution in [0.4, 0.5) is 5.69 Å². The van der Waals surface area contributed by atoms with Crippen molar-refractivity contribution in [2.45, 2.75) is 0 Å². The van der Waals surface area contributed by atoms with Gasteiger partial charge in [-0.05, 0) is 63.9 Å². The lowest BCUT2D eigenvalue weighted by Gasteiger charge is -2.14. The van der Waals surface area contributed by atoms with Crippen LogP contribution in [-0.4, -0.2) is 9.49 Å². The maximum Gasteiger partial charge on any atom is 0.277 e. The number of para-hydroxylation sites is 2. The number of rotatable bonds is 5. The third-order valence-corrected chi connectivity index (χ3v) is 7.45. The van der Waals surface area contributed by atoms with Gasteiger partial charge in [0, 0.05) is 22.5 Å². The average molecular weight is 517 g/mol. The molecule has 0 N–H and O–H groups in total. The average Bonchev–Trinajstić information content (AvgIpc) is 3.35. The normalized spacial score (nSPS) is 11.2. The molecule has 0 amide bonds. The van der Waals surface area contributed by atoms with Crippen molar-refractivity contribution in [1.82, 2.24) is 4.57 Å². The Balaban J connectivity index is 1.59. The zero-order valence-corrected chi connectivity index (χ0v) is 21.6. The molecule has 0 aliphatic rings. The van der Waals surface area contributed by atoms with Gasteiger partial charge in [-0.2, -0.15) is 0 Å². The Morgan fingerprint density at radius 1 is 0.500 bits per heavy atom. The summed E-state index contributed by atoms with van der Waals surface area (Å²) in [7, 11) is 0. The molecular formula is C36H24N2O2. The Morgan fingerprint density at radius 3 is 1.62 bits per heavy atom. The van der Waals surface area contributed by atoms with Crippen molar-refractivity contribution < 1.29 is 4.92 Å². The Labute approximate surface area is 231 Å². The van der Waals surface area contributed by atoms with E-state index in [4.69, 9.17) is 0 Å². The van der Waals surface area contributed by atoms with Gasteiger partial charge in [0.25, 0.3) is 5.69 Å². The molecule has 4 nitrogen and oxygen atoms in total. The van der Waals surface area contributed by atoms with E-state index in [1.54, 1.807) is 12.1 Å². The van der Waals surface area contributed by atoms with Crippen LogP contribution in [0.25, 0.3) is 60.9 Å². The highest BCUT2D eigenvalue weighted by atomic mass is 16.6. The fourth-order valence-corrected chi connectivity index (χ4v) is 5.68. The van der Waals surface area contributed by atoms with Crippen molar-refractivity contribution in [1.29, 1.82) is 0 Å². The number of fused-ring (bicyclic) bond motifs is 2. The molecule has 0 aliphatic carbocycles. The molecule has 7 aromatic rings. The molecule has 0 atom stereocenters. The van der Waals surface area contributed by atoms with Gasteiger partial charge in [0.05, 0.1) is 21.9 Å². The van der Waals surface area contributed by atoms with Gasteiger partial charge in [-0.15, -0.1) is 0 Å². The zero-order valence-electron chi connectivity index (χ0n) is 21.6. The number of aromatic nitrogens is 1. The molecule has 0 radical (unpaired) electrons. The van der Waals surface area contributed by atoms with E-state index in [1.165, 1.54) is 0 Å². The quantitative estimate of drug-likeness (QED) is 0.169. The van der Waals surface area contributed by atoms with Gasteiger partial charge >= 0.3 is 0 Å². The fourth-order valence-electron chi connectivity index (χ4n) is 5.68. The van der Waals surface area contributed by atoms with Crippen molar-refractivity contribution >= 4 is 27.2 Å². The Kier molecular flexibility index (Phi) is 5.72. The topological polar surface area (TPSA) is 48.1 Å². The molecule has 190 valence electrons. The summed E-state index contributed by atoms with van der Waals surface area (Å²) in [5, 5.41) is 16.1. The number of benzene rings is 6. The minimum atomic E-state index is -0.317. The summed E-state index contributed by atoms with van der Waals surface area (Å²) in [6.07, 6.45) is 0. The lowest BCUT2D eigenvalue weighted by Crippen LogP contribution is -1.99. The van der Waals surface area contributed by atoms with E-state index in [0.29, 0.717) is 5.56 Å². The molecular weight excluding hydrogens is 492 g/mol. The zero-order chi connectivity index (χ0) is 27.1. The molecule has 0 spiro atoms. The predicted molar refractivity (Wildman–Crippen MR) is 164 cm³/mol. The van der Waals surface area contributed by atoms with Crippen LogP contribution in [0.1, 0.15) is 0 Å². The molecule has 4 heteroatoms. The lowest BCUT2D eigenvalue weighted by atomic mass is 9.96. The second-order valence-corrected chi connectivity index (χ2v) is 9.83. The van der Waals surface area contributed by atoms with Gasteiger partial charge in [-0.3, -0.25) is 10.1 Å². The highest BCUT2D eigenvalue weighted by Gasteiger charge is 2.22. The van der Waals surface area contributed by atoms with Gasteiger partial charge in [-0.1, -0.05) is 103 Å². The van der Waals surface area contributed by atoms with Crippen LogP contribution < -0.4 is 0 Å². The number of nitro benzene ring substituents is 1. The molecule has 0 fully saturated rings. The molecule has 1 heterocycles.